The molecule has 1 N–H and O–H groups in total. The van der Waals surface area contributed by atoms with E-state index in [2.05, 4.69) is 4.72 Å². The highest BCUT2D eigenvalue weighted by molar-refractivity contribution is 7.89. The van der Waals surface area contributed by atoms with Crippen LogP contribution in [0.15, 0.2) is 23.1 Å². The number of nitrogens with one attached hydrogen (secondary N) is 1. The van der Waals surface area contributed by atoms with Crippen LogP contribution in [0.4, 0.5) is 0 Å². The summed E-state index contributed by atoms with van der Waals surface area (Å²) in [7, 11) is -4.62. The van der Waals surface area contributed by atoms with E-state index in [1.54, 1.807) is 0 Å². The van der Waals surface area contributed by atoms with Crippen molar-refractivity contribution >= 4 is 32.4 Å². The molecule has 0 aliphatic carbocycles. The van der Waals surface area contributed by atoms with Gasteiger partial charge in [-0.3, -0.25) is 4.21 Å². The van der Waals surface area contributed by atoms with Crippen molar-refractivity contribution < 1.29 is 12.6 Å². The maximum Gasteiger partial charge on any atom is 0.242 e. The molecule has 1 saturated heterocycles. The highest BCUT2D eigenvalue weighted by atomic mass is 35.5. The quantitative estimate of drug-likeness (QED) is 0.906. The zero-order chi connectivity index (χ0) is 14.8. The maximum atomic E-state index is 12.3. The molecule has 0 amide bonds. The monoisotopic (exact) mass is 332 g/mol. The van der Waals surface area contributed by atoms with Gasteiger partial charge in [-0.15, -0.1) is 0 Å². The van der Waals surface area contributed by atoms with E-state index >= 15 is 0 Å². The van der Waals surface area contributed by atoms with Crippen LogP contribution < -0.4 is 4.72 Å². The Morgan fingerprint density at radius 3 is 2.60 bits per heavy atom. The van der Waals surface area contributed by atoms with Gasteiger partial charge >= 0.3 is 0 Å². The van der Waals surface area contributed by atoms with Crippen molar-refractivity contribution in [2.24, 2.45) is 0 Å². The number of nitrogens with zero attached hydrogens (tertiary/aromatic N) is 1. The summed E-state index contributed by atoms with van der Waals surface area (Å²) in [5.41, 5.74) is 0.236. The standard InChI is InChI=1S/C12H13ClN2O3S2/c13-11-2-1-9(8-14)7-12(11)20(17,18)15-10-3-5-19(16)6-4-10/h1-2,7,10,15H,3-6H2. The van der Waals surface area contributed by atoms with Gasteiger partial charge in [0.25, 0.3) is 0 Å². The molecule has 2 rings (SSSR count). The summed E-state index contributed by atoms with van der Waals surface area (Å²) in [6, 6.07) is 5.76. The molecule has 1 heterocycles. The molecule has 0 saturated carbocycles. The highest BCUT2D eigenvalue weighted by Gasteiger charge is 2.25. The molecule has 5 nitrogen and oxygen atoms in total. The number of halogens is 1. The fourth-order valence-corrected chi connectivity index (χ4v) is 5.10. The van der Waals surface area contributed by atoms with Gasteiger partial charge in [0.1, 0.15) is 4.90 Å². The Labute approximate surface area is 125 Å². The number of rotatable bonds is 3. The fraction of sp³-hybridized carbons (Fsp3) is 0.417. The molecule has 1 aromatic rings. The van der Waals surface area contributed by atoms with Gasteiger partial charge in [0.2, 0.25) is 10.0 Å². The number of benzene rings is 1. The summed E-state index contributed by atoms with van der Waals surface area (Å²) in [5.74, 6) is 0.998. The minimum Gasteiger partial charge on any atom is -0.260 e. The molecule has 0 radical (unpaired) electrons. The zero-order valence-corrected chi connectivity index (χ0v) is 12.9. The molecular formula is C12H13ClN2O3S2. The maximum absolute atomic E-state index is 12.3. The molecule has 0 atom stereocenters. The molecule has 0 unspecified atom stereocenters. The Morgan fingerprint density at radius 1 is 1.35 bits per heavy atom. The minimum atomic E-state index is -3.77. The first-order chi connectivity index (χ1) is 9.42. The molecule has 108 valence electrons. The van der Waals surface area contributed by atoms with E-state index in [9.17, 15) is 12.6 Å². The van der Waals surface area contributed by atoms with Crippen molar-refractivity contribution in [3.8, 4) is 6.07 Å². The molecule has 1 aliphatic rings. The zero-order valence-electron chi connectivity index (χ0n) is 10.5. The molecule has 20 heavy (non-hydrogen) atoms. The van der Waals surface area contributed by atoms with E-state index in [1.165, 1.54) is 18.2 Å². The van der Waals surface area contributed by atoms with Crippen molar-refractivity contribution in [1.82, 2.24) is 4.72 Å². The van der Waals surface area contributed by atoms with Crippen molar-refractivity contribution in [2.45, 2.75) is 23.8 Å². The first-order valence-electron chi connectivity index (χ1n) is 5.99. The fourth-order valence-electron chi connectivity index (χ4n) is 1.97. The number of hydrogen-bond donors (Lipinski definition) is 1. The van der Waals surface area contributed by atoms with Crippen LogP contribution in [0.2, 0.25) is 5.02 Å². The van der Waals surface area contributed by atoms with E-state index in [0.717, 1.165) is 0 Å². The van der Waals surface area contributed by atoms with Gasteiger partial charge in [0.05, 0.1) is 16.7 Å². The molecule has 0 spiro atoms. The second-order valence-corrected chi connectivity index (χ2v) is 8.29. The molecular weight excluding hydrogens is 320 g/mol. The second-order valence-electron chi connectivity index (χ2n) is 4.50. The van der Waals surface area contributed by atoms with Crippen molar-refractivity contribution in [3.05, 3.63) is 28.8 Å². The third-order valence-electron chi connectivity index (χ3n) is 3.06. The van der Waals surface area contributed by atoms with Crippen LogP contribution in [-0.4, -0.2) is 30.2 Å². The van der Waals surface area contributed by atoms with Gasteiger partial charge in [-0.1, -0.05) is 11.6 Å². The third-order valence-corrected chi connectivity index (χ3v) is 6.44. The van der Waals surface area contributed by atoms with Gasteiger partial charge in [-0.25, -0.2) is 13.1 Å². The SMILES string of the molecule is N#Cc1ccc(Cl)c(S(=O)(=O)NC2CCS(=O)CC2)c1. The highest BCUT2D eigenvalue weighted by Crippen LogP contribution is 2.23. The Bertz CT molecular complexity index is 672. The minimum absolute atomic E-state index is 0.0795. The smallest absolute Gasteiger partial charge is 0.242 e. The predicted molar refractivity (Wildman–Crippen MR) is 77.4 cm³/mol. The van der Waals surface area contributed by atoms with Crippen LogP contribution in [0.3, 0.4) is 0 Å². The van der Waals surface area contributed by atoms with E-state index in [0.29, 0.717) is 24.3 Å². The summed E-state index contributed by atoms with van der Waals surface area (Å²) in [6.07, 6.45) is 1.09. The third kappa shape index (κ3) is 3.58. The van der Waals surface area contributed by atoms with Crippen molar-refractivity contribution in [2.75, 3.05) is 11.5 Å². The van der Waals surface area contributed by atoms with Crippen LogP contribution in [0.25, 0.3) is 0 Å². The molecule has 1 aliphatic heterocycles. The summed E-state index contributed by atoms with van der Waals surface area (Å²) >= 11 is 5.90. The molecule has 0 aromatic heterocycles. The lowest BCUT2D eigenvalue weighted by Crippen LogP contribution is -2.39. The Balaban J connectivity index is 2.22. The largest absolute Gasteiger partial charge is 0.260 e. The summed E-state index contributed by atoms with van der Waals surface area (Å²) < 4.78 is 38.4. The van der Waals surface area contributed by atoms with Crippen LogP contribution in [0.1, 0.15) is 18.4 Å². The van der Waals surface area contributed by atoms with Crippen LogP contribution >= 0.6 is 11.6 Å². The predicted octanol–water partition coefficient (Wildman–Crippen LogP) is 1.40. The summed E-state index contributed by atoms with van der Waals surface area (Å²) in [5, 5.41) is 8.91. The van der Waals surface area contributed by atoms with Gasteiger partial charge in [0.15, 0.2) is 0 Å². The lowest BCUT2D eigenvalue weighted by atomic mass is 10.2. The van der Waals surface area contributed by atoms with E-state index in [1.807, 2.05) is 6.07 Å². The Kier molecular flexibility index (Phi) is 4.81. The van der Waals surface area contributed by atoms with E-state index in [4.69, 9.17) is 16.9 Å². The topological polar surface area (TPSA) is 87.0 Å². The number of hydrogen-bond acceptors (Lipinski definition) is 4. The first-order valence-corrected chi connectivity index (χ1v) is 9.34. The Hall–Kier alpha value is -0.940. The van der Waals surface area contributed by atoms with E-state index in [-0.39, 0.29) is 21.5 Å². The number of sulfonamides is 1. The van der Waals surface area contributed by atoms with Crippen molar-refractivity contribution in [3.63, 3.8) is 0 Å². The van der Waals surface area contributed by atoms with Crippen LogP contribution in [0.5, 0.6) is 0 Å². The van der Waals surface area contributed by atoms with E-state index < -0.39 is 20.8 Å². The van der Waals surface area contributed by atoms with Gasteiger partial charge in [-0.05, 0) is 31.0 Å². The average Bonchev–Trinajstić information content (AvgIpc) is 2.41. The van der Waals surface area contributed by atoms with Gasteiger partial charge < -0.3 is 0 Å². The van der Waals surface area contributed by atoms with Crippen LogP contribution in [-0.2, 0) is 20.8 Å². The first kappa shape index (κ1) is 15.4. The lowest BCUT2D eigenvalue weighted by molar-refractivity contribution is 0.522. The summed E-state index contributed by atoms with van der Waals surface area (Å²) in [4.78, 5) is -0.0927. The van der Waals surface area contributed by atoms with Gasteiger partial charge in [0, 0.05) is 28.3 Å². The number of nitriles is 1. The molecule has 8 heteroatoms. The lowest BCUT2D eigenvalue weighted by Gasteiger charge is -2.22. The Morgan fingerprint density at radius 2 is 2.00 bits per heavy atom. The average molecular weight is 333 g/mol. The molecule has 1 aromatic carbocycles. The summed E-state index contributed by atoms with van der Waals surface area (Å²) in [6.45, 7) is 0. The molecule has 1 fully saturated rings. The molecule has 0 bridgehead atoms. The van der Waals surface area contributed by atoms with Crippen molar-refractivity contribution in [1.29, 1.82) is 5.26 Å². The normalized spacial score (nSPS) is 23.2. The van der Waals surface area contributed by atoms with Crippen LogP contribution in [0, 0.1) is 11.3 Å². The van der Waals surface area contributed by atoms with Gasteiger partial charge in [-0.2, -0.15) is 5.26 Å². The second kappa shape index (κ2) is 6.22.